The standard InChI is InChI=1S/C38H50N2O6S/c1-27(2)40(31(23-29-14-7-5-8-15-29)26-46-32-16-9-6-10-17-32)25-30-19-20-34(35(24-30)33-18-12-11-13-28(33)3)37(41)39-36(38(42)43)21-22-47(4,44)45/h6,9-13,16-20,24,27,29,31,36H,5,7-8,14-15,21-23,25-26H2,1-4H3,(H,39,41)(H,42,43). The highest BCUT2D eigenvalue weighted by molar-refractivity contribution is 7.90. The number of para-hydroxylation sites is 1. The molecular formula is C38H50N2O6S. The molecule has 1 aliphatic rings. The smallest absolute Gasteiger partial charge is 0.326 e. The van der Waals surface area contributed by atoms with Gasteiger partial charge in [0.2, 0.25) is 0 Å². The first-order valence-electron chi connectivity index (χ1n) is 16.7. The van der Waals surface area contributed by atoms with E-state index < -0.39 is 27.8 Å². The van der Waals surface area contributed by atoms with E-state index in [2.05, 4.69) is 24.1 Å². The summed E-state index contributed by atoms with van der Waals surface area (Å²) in [5, 5.41) is 12.3. The summed E-state index contributed by atoms with van der Waals surface area (Å²) in [6.07, 6.45) is 8.25. The number of hydrogen-bond acceptors (Lipinski definition) is 6. The molecule has 0 spiro atoms. The van der Waals surface area contributed by atoms with Gasteiger partial charge in [0.25, 0.3) is 5.91 Å². The number of nitrogens with zero attached hydrogens (tertiary/aromatic N) is 1. The van der Waals surface area contributed by atoms with Crippen molar-refractivity contribution in [3.8, 4) is 16.9 Å². The van der Waals surface area contributed by atoms with E-state index in [1.165, 1.54) is 32.1 Å². The molecule has 254 valence electrons. The Morgan fingerprint density at radius 1 is 0.957 bits per heavy atom. The SMILES string of the molecule is Cc1ccccc1-c1cc(CN(C(C)C)C(COc2ccccc2)CC2CCCCC2)ccc1C(=O)NC(CCS(C)(=O)=O)C(=O)O. The van der Waals surface area contributed by atoms with Gasteiger partial charge >= 0.3 is 5.97 Å². The minimum Gasteiger partial charge on any atom is -0.492 e. The highest BCUT2D eigenvalue weighted by Crippen LogP contribution is 2.32. The zero-order valence-corrected chi connectivity index (χ0v) is 29.0. The van der Waals surface area contributed by atoms with Crippen LogP contribution in [0.15, 0.2) is 72.8 Å². The molecule has 0 aromatic heterocycles. The van der Waals surface area contributed by atoms with Crippen LogP contribution >= 0.6 is 0 Å². The minimum absolute atomic E-state index is 0.189. The number of carboxylic acid groups (broad SMARTS) is 1. The van der Waals surface area contributed by atoms with E-state index in [-0.39, 0.29) is 24.3 Å². The van der Waals surface area contributed by atoms with E-state index in [9.17, 15) is 23.1 Å². The molecule has 0 saturated heterocycles. The minimum atomic E-state index is -3.40. The van der Waals surface area contributed by atoms with Crippen LogP contribution in [0.3, 0.4) is 0 Å². The monoisotopic (exact) mass is 662 g/mol. The third kappa shape index (κ3) is 10.9. The molecule has 9 heteroatoms. The Bertz CT molecular complexity index is 1580. The maximum Gasteiger partial charge on any atom is 0.326 e. The molecule has 8 nitrogen and oxygen atoms in total. The van der Waals surface area contributed by atoms with Crippen LogP contribution in [0.1, 0.15) is 80.3 Å². The van der Waals surface area contributed by atoms with Crippen LogP contribution in [0.4, 0.5) is 0 Å². The Kier molecular flexibility index (Phi) is 13.0. The van der Waals surface area contributed by atoms with Crippen LogP contribution in [-0.2, 0) is 21.2 Å². The lowest BCUT2D eigenvalue weighted by molar-refractivity contribution is -0.139. The average molecular weight is 663 g/mol. The van der Waals surface area contributed by atoms with Crippen molar-refractivity contribution in [3.05, 3.63) is 89.5 Å². The number of nitrogens with one attached hydrogen (secondary N) is 1. The Morgan fingerprint density at radius 2 is 1.64 bits per heavy atom. The van der Waals surface area contributed by atoms with Crippen molar-refractivity contribution < 1.29 is 27.9 Å². The van der Waals surface area contributed by atoms with Crippen molar-refractivity contribution in [1.29, 1.82) is 0 Å². The second-order valence-electron chi connectivity index (χ2n) is 13.3. The Labute approximate surface area is 280 Å². The van der Waals surface area contributed by atoms with Crippen molar-refractivity contribution in [1.82, 2.24) is 10.2 Å². The molecule has 1 fully saturated rings. The molecule has 0 bridgehead atoms. The maximum absolute atomic E-state index is 13.6. The molecule has 47 heavy (non-hydrogen) atoms. The van der Waals surface area contributed by atoms with Gasteiger partial charge < -0.3 is 15.2 Å². The molecule has 1 amide bonds. The number of sulfone groups is 1. The van der Waals surface area contributed by atoms with E-state index in [1.807, 2.05) is 73.7 Å². The van der Waals surface area contributed by atoms with Crippen LogP contribution in [0.25, 0.3) is 11.1 Å². The summed E-state index contributed by atoms with van der Waals surface area (Å²) in [5.41, 5.74) is 3.95. The summed E-state index contributed by atoms with van der Waals surface area (Å²) in [6.45, 7) is 7.64. The molecule has 0 heterocycles. The van der Waals surface area contributed by atoms with Crippen LogP contribution in [0.2, 0.25) is 0 Å². The van der Waals surface area contributed by atoms with Crippen molar-refractivity contribution >= 4 is 21.7 Å². The van der Waals surface area contributed by atoms with Crippen LogP contribution < -0.4 is 10.1 Å². The Morgan fingerprint density at radius 3 is 2.28 bits per heavy atom. The number of hydrogen-bond donors (Lipinski definition) is 2. The number of ether oxygens (including phenoxy) is 1. The quantitative estimate of drug-likeness (QED) is 0.171. The number of rotatable bonds is 16. The lowest BCUT2D eigenvalue weighted by Gasteiger charge is -2.38. The zero-order valence-electron chi connectivity index (χ0n) is 28.2. The highest BCUT2D eigenvalue weighted by Gasteiger charge is 2.28. The number of carboxylic acids is 1. The van der Waals surface area contributed by atoms with E-state index in [0.29, 0.717) is 30.2 Å². The van der Waals surface area contributed by atoms with E-state index in [0.717, 1.165) is 35.1 Å². The molecule has 1 saturated carbocycles. The van der Waals surface area contributed by atoms with Crippen molar-refractivity contribution in [3.63, 3.8) is 0 Å². The molecule has 3 aromatic rings. The Hall–Kier alpha value is -3.69. The summed E-state index contributed by atoms with van der Waals surface area (Å²) in [7, 11) is -3.40. The first kappa shape index (κ1) is 36.2. The number of aliphatic carboxylic acids is 1. The third-order valence-electron chi connectivity index (χ3n) is 9.16. The van der Waals surface area contributed by atoms with Gasteiger partial charge in [0, 0.05) is 30.4 Å². The number of carbonyl (C=O) groups is 2. The van der Waals surface area contributed by atoms with Gasteiger partial charge in [-0.1, -0.05) is 80.6 Å². The lowest BCUT2D eigenvalue weighted by atomic mass is 9.84. The van der Waals surface area contributed by atoms with Crippen molar-refractivity contribution in [2.24, 2.45) is 5.92 Å². The first-order chi connectivity index (χ1) is 22.4. The van der Waals surface area contributed by atoms with Gasteiger partial charge in [-0.05, 0) is 86.1 Å². The molecule has 3 aromatic carbocycles. The van der Waals surface area contributed by atoms with Gasteiger partial charge in [-0.25, -0.2) is 13.2 Å². The average Bonchev–Trinajstić information content (AvgIpc) is 3.04. The molecule has 2 atom stereocenters. The van der Waals surface area contributed by atoms with Crippen LogP contribution in [-0.4, -0.2) is 67.0 Å². The fourth-order valence-electron chi connectivity index (χ4n) is 6.57. The first-order valence-corrected chi connectivity index (χ1v) is 18.8. The molecule has 2 N–H and O–H groups in total. The number of benzene rings is 3. The number of carbonyl (C=O) groups excluding carboxylic acids is 1. The normalized spacial score (nSPS) is 15.4. The van der Waals surface area contributed by atoms with E-state index >= 15 is 0 Å². The molecule has 0 radical (unpaired) electrons. The van der Waals surface area contributed by atoms with Gasteiger partial charge in [-0.2, -0.15) is 0 Å². The van der Waals surface area contributed by atoms with Crippen molar-refractivity contribution in [2.75, 3.05) is 18.6 Å². The summed E-state index contributed by atoms with van der Waals surface area (Å²) >= 11 is 0. The lowest BCUT2D eigenvalue weighted by Crippen LogP contribution is -2.44. The summed E-state index contributed by atoms with van der Waals surface area (Å²) < 4.78 is 29.8. The van der Waals surface area contributed by atoms with Crippen LogP contribution in [0, 0.1) is 12.8 Å². The molecule has 2 unspecified atom stereocenters. The second-order valence-corrected chi connectivity index (χ2v) is 15.5. The topological polar surface area (TPSA) is 113 Å². The molecule has 1 aliphatic carbocycles. The summed E-state index contributed by atoms with van der Waals surface area (Å²) in [4.78, 5) is 28.1. The van der Waals surface area contributed by atoms with E-state index in [4.69, 9.17) is 4.74 Å². The largest absolute Gasteiger partial charge is 0.492 e. The second kappa shape index (κ2) is 16.9. The molecular weight excluding hydrogens is 612 g/mol. The predicted molar refractivity (Wildman–Crippen MR) is 187 cm³/mol. The molecule has 4 rings (SSSR count). The molecule has 0 aliphatic heterocycles. The zero-order chi connectivity index (χ0) is 34.0. The van der Waals surface area contributed by atoms with Gasteiger partial charge in [0.05, 0.1) is 5.75 Å². The van der Waals surface area contributed by atoms with Gasteiger partial charge in [0.15, 0.2) is 0 Å². The van der Waals surface area contributed by atoms with Gasteiger partial charge in [-0.15, -0.1) is 0 Å². The summed E-state index contributed by atoms with van der Waals surface area (Å²) in [5.74, 6) is -0.645. The fraction of sp³-hybridized carbons (Fsp3) is 0.474. The summed E-state index contributed by atoms with van der Waals surface area (Å²) in [6, 6.07) is 22.6. The number of aryl methyl sites for hydroxylation is 1. The number of amides is 1. The third-order valence-corrected chi connectivity index (χ3v) is 10.1. The van der Waals surface area contributed by atoms with E-state index in [1.54, 1.807) is 6.07 Å². The van der Waals surface area contributed by atoms with Gasteiger partial charge in [-0.3, -0.25) is 9.69 Å². The predicted octanol–water partition coefficient (Wildman–Crippen LogP) is 6.91. The Balaban J connectivity index is 1.65. The van der Waals surface area contributed by atoms with Crippen LogP contribution in [0.5, 0.6) is 5.75 Å². The fourth-order valence-corrected chi connectivity index (χ4v) is 7.23. The highest BCUT2D eigenvalue weighted by atomic mass is 32.2. The van der Waals surface area contributed by atoms with Crippen molar-refractivity contribution in [2.45, 2.75) is 90.4 Å². The maximum atomic E-state index is 13.6. The van der Waals surface area contributed by atoms with Gasteiger partial charge in [0.1, 0.15) is 28.2 Å².